The minimum absolute atomic E-state index is 0.476. The van der Waals surface area contributed by atoms with Crippen molar-refractivity contribution in [2.45, 2.75) is 19.4 Å². The van der Waals surface area contributed by atoms with Crippen molar-refractivity contribution in [1.29, 1.82) is 0 Å². The van der Waals surface area contributed by atoms with E-state index < -0.39 is 0 Å². The van der Waals surface area contributed by atoms with Crippen LogP contribution in [-0.4, -0.2) is 61.2 Å². The molecule has 1 aromatic rings. The zero-order valence-electron chi connectivity index (χ0n) is 12.0. The zero-order valence-corrected chi connectivity index (χ0v) is 12.0. The molecule has 19 heavy (non-hydrogen) atoms. The van der Waals surface area contributed by atoms with Gasteiger partial charge in [0.2, 0.25) is 0 Å². The second-order valence-electron chi connectivity index (χ2n) is 5.25. The van der Waals surface area contributed by atoms with Gasteiger partial charge in [0.15, 0.2) is 0 Å². The Kier molecular flexibility index (Phi) is 4.93. The zero-order chi connectivity index (χ0) is 13.7. The summed E-state index contributed by atoms with van der Waals surface area (Å²) in [5.74, 6) is 2.60. The molecule has 0 amide bonds. The van der Waals surface area contributed by atoms with Crippen molar-refractivity contribution < 1.29 is 0 Å². The number of nitrogens with one attached hydrogen (secondary N) is 3. The average Bonchev–Trinajstić information content (AvgIpc) is 2.80. The summed E-state index contributed by atoms with van der Waals surface area (Å²) in [5.41, 5.74) is 0. The molecule has 6 nitrogen and oxygen atoms in total. The van der Waals surface area contributed by atoms with E-state index >= 15 is 0 Å². The minimum Gasteiger partial charge on any atom is -0.369 e. The molecule has 1 aliphatic heterocycles. The van der Waals surface area contributed by atoms with Crippen LogP contribution in [0.25, 0.3) is 0 Å². The van der Waals surface area contributed by atoms with E-state index in [1.54, 1.807) is 0 Å². The second-order valence-corrected chi connectivity index (χ2v) is 5.25. The van der Waals surface area contributed by atoms with Crippen molar-refractivity contribution in [3.8, 4) is 0 Å². The van der Waals surface area contributed by atoms with Gasteiger partial charge in [0, 0.05) is 31.7 Å². The maximum atomic E-state index is 4.44. The highest BCUT2D eigenvalue weighted by atomic mass is 15.1. The predicted octanol–water partition coefficient (Wildman–Crippen LogP) is 0.532. The maximum Gasteiger partial charge on any atom is 0.132 e. The molecule has 1 fully saturated rings. The van der Waals surface area contributed by atoms with E-state index in [1.807, 2.05) is 13.0 Å². The molecule has 3 N–H and O–H groups in total. The number of likely N-dealkylation sites (N-methyl/N-ethyl adjacent to an activating group) is 1. The molecule has 0 spiro atoms. The summed E-state index contributed by atoms with van der Waals surface area (Å²) in [6.07, 6.45) is 1.15. The number of aryl methyl sites for hydroxylation is 1. The molecule has 0 saturated carbocycles. The van der Waals surface area contributed by atoms with Gasteiger partial charge >= 0.3 is 0 Å². The van der Waals surface area contributed by atoms with Crippen LogP contribution >= 0.6 is 0 Å². The first-order valence-corrected chi connectivity index (χ1v) is 6.85. The summed E-state index contributed by atoms with van der Waals surface area (Å²) in [5, 5.41) is 10.1. The molecule has 1 atom stereocenters. The van der Waals surface area contributed by atoms with Gasteiger partial charge in [-0.1, -0.05) is 0 Å². The molecule has 0 bridgehead atoms. The van der Waals surface area contributed by atoms with Gasteiger partial charge in [-0.2, -0.15) is 0 Å². The van der Waals surface area contributed by atoms with Crippen molar-refractivity contribution >= 4 is 11.6 Å². The second kappa shape index (κ2) is 6.68. The predicted molar refractivity (Wildman–Crippen MR) is 78.7 cm³/mol. The summed E-state index contributed by atoms with van der Waals surface area (Å²) in [6, 6.07) is 2.46. The van der Waals surface area contributed by atoms with Crippen molar-refractivity contribution in [2.24, 2.45) is 0 Å². The quantitative estimate of drug-likeness (QED) is 0.697. The summed E-state index contributed by atoms with van der Waals surface area (Å²) in [4.78, 5) is 11.0. The SMILES string of the molecule is Cc1nc(NCCN(C)C)cc(NC2CCNC2)n1. The first-order valence-electron chi connectivity index (χ1n) is 6.85. The van der Waals surface area contributed by atoms with E-state index in [-0.39, 0.29) is 0 Å². The number of anilines is 2. The summed E-state index contributed by atoms with van der Waals surface area (Å²) in [6.45, 7) is 5.88. The molecule has 1 aromatic heterocycles. The number of aromatic nitrogens is 2. The van der Waals surface area contributed by atoms with E-state index in [9.17, 15) is 0 Å². The van der Waals surface area contributed by atoms with E-state index in [4.69, 9.17) is 0 Å². The lowest BCUT2D eigenvalue weighted by atomic mass is 10.2. The van der Waals surface area contributed by atoms with Crippen LogP contribution in [0.4, 0.5) is 11.6 Å². The van der Waals surface area contributed by atoms with E-state index in [0.717, 1.165) is 50.1 Å². The molecule has 1 unspecified atom stereocenters. The van der Waals surface area contributed by atoms with Gasteiger partial charge in [-0.15, -0.1) is 0 Å². The van der Waals surface area contributed by atoms with Crippen LogP contribution in [-0.2, 0) is 0 Å². The van der Waals surface area contributed by atoms with Crippen molar-refractivity contribution in [3.05, 3.63) is 11.9 Å². The summed E-state index contributed by atoms with van der Waals surface area (Å²) >= 11 is 0. The van der Waals surface area contributed by atoms with Crippen LogP contribution in [0.2, 0.25) is 0 Å². The Balaban J connectivity index is 1.93. The fourth-order valence-electron chi connectivity index (χ4n) is 2.13. The van der Waals surface area contributed by atoms with Crippen LogP contribution < -0.4 is 16.0 Å². The maximum absolute atomic E-state index is 4.44. The average molecular weight is 264 g/mol. The minimum atomic E-state index is 0.476. The largest absolute Gasteiger partial charge is 0.369 e. The van der Waals surface area contributed by atoms with E-state index in [0.29, 0.717) is 6.04 Å². The molecule has 2 heterocycles. The number of nitrogens with zero attached hydrogens (tertiary/aromatic N) is 3. The van der Waals surface area contributed by atoms with Crippen LogP contribution in [0, 0.1) is 6.92 Å². The summed E-state index contributed by atoms with van der Waals surface area (Å²) in [7, 11) is 4.12. The lowest BCUT2D eigenvalue weighted by molar-refractivity contribution is 0.425. The van der Waals surface area contributed by atoms with Crippen molar-refractivity contribution in [1.82, 2.24) is 20.2 Å². The van der Waals surface area contributed by atoms with E-state index in [2.05, 4.69) is 44.9 Å². The molecule has 6 heteroatoms. The van der Waals surface area contributed by atoms with Crippen molar-refractivity contribution in [3.63, 3.8) is 0 Å². The first kappa shape index (κ1) is 14.0. The normalized spacial score (nSPS) is 18.8. The molecular formula is C13H24N6. The first-order chi connectivity index (χ1) is 9.13. The van der Waals surface area contributed by atoms with Crippen LogP contribution in [0.1, 0.15) is 12.2 Å². The third-order valence-corrected chi connectivity index (χ3v) is 3.12. The Labute approximate surface area is 115 Å². The highest BCUT2D eigenvalue weighted by Crippen LogP contribution is 2.13. The fourth-order valence-corrected chi connectivity index (χ4v) is 2.13. The third kappa shape index (κ3) is 4.65. The highest BCUT2D eigenvalue weighted by molar-refractivity contribution is 5.48. The van der Waals surface area contributed by atoms with Crippen LogP contribution in [0.5, 0.6) is 0 Å². The Morgan fingerprint density at radius 1 is 1.37 bits per heavy atom. The molecule has 0 radical (unpaired) electrons. The van der Waals surface area contributed by atoms with Gasteiger partial charge in [0.25, 0.3) is 0 Å². The van der Waals surface area contributed by atoms with Gasteiger partial charge in [-0.25, -0.2) is 9.97 Å². The molecular weight excluding hydrogens is 240 g/mol. The number of hydrogen-bond donors (Lipinski definition) is 3. The Bertz CT molecular complexity index is 400. The number of hydrogen-bond acceptors (Lipinski definition) is 6. The molecule has 1 saturated heterocycles. The molecule has 0 aliphatic carbocycles. The monoisotopic (exact) mass is 264 g/mol. The molecule has 106 valence electrons. The smallest absolute Gasteiger partial charge is 0.132 e. The lowest BCUT2D eigenvalue weighted by Gasteiger charge is -2.15. The van der Waals surface area contributed by atoms with Crippen molar-refractivity contribution in [2.75, 3.05) is 50.9 Å². The van der Waals surface area contributed by atoms with Crippen LogP contribution in [0.3, 0.4) is 0 Å². The van der Waals surface area contributed by atoms with Gasteiger partial charge in [-0.05, 0) is 34.0 Å². The van der Waals surface area contributed by atoms with Gasteiger partial charge < -0.3 is 20.9 Å². The molecule has 0 aromatic carbocycles. The van der Waals surface area contributed by atoms with Gasteiger partial charge in [-0.3, -0.25) is 0 Å². The fraction of sp³-hybridized carbons (Fsp3) is 0.692. The Morgan fingerprint density at radius 3 is 2.84 bits per heavy atom. The molecule has 2 rings (SSSR count). The van der Waals surface area contributed by atoms with Crippen LogP contribution in [0.15, 0.2) is 6.07 Å². The Hall–Kier alpha value is -1.40. The highest BCUT2D eigenvalue weighted by Gasteiger charge is 2.14. The summed E-state index contributed by atoms with van der Waals surface area (Å²) < 4.78 is 0. The van der Waals surface area contributed by atoms with E-state index in [1.165, 1.54) is 0 Å². The van der Waals surface area contributed by atoms with Gasteiger partial charge in [0.05, 0.1) is 0 Å². The van der Waals surface area contributed by atoms with Gasteiger partial charge in [0.1, 0.15) is 17.5 Å². The number of rotatable bonds is 6. The third-order valence-electron chi connectivity index (χ3n) is 3.12. The lowest BCUT2D eigenvalue weighted by Crippen LogP contribution is -2.23. The Morgan fingerprint density at radius 2 is 2.16 bits per heavy atom. The molecule has 1 aliphatic rings. The standard InChI is InChI=1S/C13H24N6/c1-10-16-12(15-6-7-19(2)3)8-13(17-10)18-11-4-5-14-9-11/h8,11,14H,4-7,9H2,1-3H3,(H2,15,16,17,18). The topological polar surface area (TPSA) is 65.1 Å².